The summed E-state index contributed by atoms with van der Waals surface area (Å²) in [6.07, 6.45) is 0.679. The van der Waals surface area contributed by atoms with E-state index in [1.54, 1.807) is 96.7 Å². The molecule has 0 saturated carbocycles. The van der Waals surface area contributed by atoms with Gasteiger partial charge in [0, 0.05) is 46.7 Å². The minimum absolute atomic E-state index is 0.0972. The number of nitrogens with zero attached hydrogens (tertiary/aromatic N) is 2. The van der Waals surface area contributed by atoms with Crippen molar-refractivity contribution >= 4 is 59.2 Å². The molecular formula is C65H106N10O15. The molecule has 12 atom stereocenters. The first-order valence-corrected chi connectivity index (χ1v) is 31.8. The molecule has 2 unspecified atom stereocenters. The number of nitrogens with two attached hydrogens (primary N) is 1. The van der Waals surface area contributed by atoms with Crippen LogP contribution < -0.4 is 43.0 Å². The van der Waals surface area contributed by atoms with Gasteiger partial charge in [-0.25, -0.2) is 9.59 Å². The lowest BCUT2D eigenvalue weighted by Gasteiger charge is -2.42. The highest BCUT2D eigenvalue weighted by atomic mass is 16.6. The van der Waals surface area contributed by atoms with E-state index in [0.29, 0.717) is 49.4 Å². The number of piperidine rings is 1. The summed E-state index contributed by atoms with van der Waals surface area (Å²) in [7, 11) is 4.44. The number of methoxy groups -OCH3 is 2. The zero-order chi connectivity index (χ0) is 67.2. The fourth-order valence-corrected chi connectivity index (χ4v) is 10.9. The van der Waals surface area contributed by atoms with E-state index in [0.717, 1.165) is 19.3 Å². The number of amides is 10. The van der Waals surface area contributed by atoms with Gasteiger partial charge < -0.3 is 76.6 Å². The number of likely N-dealkylation sites (tertiary alicyclic amines) is 1. The molecule has 2 aromatic rings. The van der Waals surface area contributed by atoms with Crippen LogP contribution in [-0.2, 0) is 63.9 Å². The quantitative estimate of drug-likeness (QED) is 0.0394. The SMILES string of the molecule is CCCOCCOCC(=O)N[C@H](C(=O)NC(CCCNC(N)=O)C(=O)Nc1ccc(COC(=O)N(C)[C@H](C(=O)NC(C(=O)N[C@@H]([C@@H](C)CC)[C@@H](CC(=O)N2CCCC[C@H]2[C@H](OC)[C@@H](C)C(=O)N[C@H](C)[C@@H](O)c2ccccc2)OC)C(C)C)C(C)C)cc1)C(C)C. The number of carbonyl (C=O) groups is 9. The number of carbonyl (C=O) groups excluding carboxylic acids is 9. The van der Waals surface area contributed by atoms with Crippen LogP contribution >= 0.6 is 0 Å². The highest BCUT2D eigenvalue weighted by Gasteiger charge is 2.42. The second-order valence-electron chi connectivity index (χ2n) is 24.4. The number of aliphatic hydroxyl groups is 1. The van der Waals surface area contributed by atoms with Crippen LogP contribution in [0.15, 0.2) is 54.6 Å². The fourth-order valence-electron chi connectivity index (χ4n) is 10.9. The molecular weight excluding hydrogens is 1160 g/mol. The van der Waals surface area contributed by atoms with Crippen LogP contribution in [0.3, 0.4) is 0 Å². The van der Waals surface area contributed by atoms with Gasteiger partial charge in [0.25, 0.3) is 0 Å². The maximum atomic E-state index is 14.5. The van der Waals surface area contributed by atoms with E-state index in [4.69, 9.17) is 29.4 Å². The molecule has 10 N–H and O–H groups in total. The van der Waals surface area contributed by atoms with E-state index in [1.807, 2.05) is 39.0 Å². The molecule has 25 heteroatoms. The van der Waals surface area contributed by atoms with Gasteiger partial charge in [-0.3, -0.25) is 38.5 Å². The molecule has 1 saturated heterocycles. The fraction of sp³-hybridized carbons (Fsp3) is 0.677. The van der Waals surface area contributed by atoms with Gasteiger partial charge in [0.2, 0.25) is 41.4 Å². The molecule has 0 spiro atoms. The average molecular weight is 1270 g/mol. The van der Waals surface area contributed by atoms with Crippen LogP contribution in [0.5, 0.6) is 0 Å². The largest absolute Gasteiger partial charge is 0.445 e. The van der Waals surface area contributed by atoms with E-state index >= 15 is 0 Å². The van der Waals surface area contributed by atoms with Gasteiger partial charge in [0.15, 0.2) is 0 Å². The highest BCUT2D eigenvalue weighted by molar-refractivity contribution is 5.98. The Hall–Kier alpha value is -6.93. The number of hydrogen-bond acceptors (Lipinski definition) is 15. The minimum atomic E-state index is -1.09. The minimum Gasteiger partial charge on any atom is -0.445 e. The maximum Gasteiger partial charge on any atom is 0.410 e. The van der Waals surface area contributed by atoms with E-state index in [9.17, 15) is 48.3 Å². The zero-order valence-electron chi connectivity index (χ0n) is 55.6. The second-order valence-corrected chi connectivity index (χ2v) is 24.4. The molecule has 25 nitrogen and oxygen atoms in total. The van der Waals surface area contributed by atoms with Crippen LogP contribution in [0.4, 0.5) is 15.3 Å². The molecule has 1 fully saturated rings. The van der Waals surface area contributed by atoms with Crippen LogP contribution in [0.25, 0.3) is 0 Å². The second kappa shape index (κ2) is 40.0. The number of ether oxygens (including phenoxy) is 5. The molecule has 506 valence electrons. The number of hydrogen-bond donors (Lipinski definition) is 9. The van der Waals surface area contributed by atoms with E-state index in [-0.39, 0.29) is 69.3 Å². The van der Waals surface area contributed by atoms with Crippen molar-refractivity contribution in [3.8, 4) is 0 Å². The first-order chi connectivity index (χ1) is 42.7. The summed E-state index contributed by atoms with van der Waals surface area (Å²) in [5, 5.41) is 30.6. The number of aliphatic hydroxyl groups excluding tert-OH is 1. The standard InChI is InChI=1S/C65H106N10O15/c1-15-33-88-34-35-89-38-51(76)71-53(39(3)4)61(81)70-48(25-22-31-67-64(66)84)60(80)69-47-29-27-45(28-30-47)37-90-65(85)74(12)56(41(7)8)63(83)72-54(40(5)6)62(82)73-55(42(9)16-2)50(86-13)36-52(77)75-32-21-20-26-49(75)58(87-14)43(10)59(79)68-44(11)57(78)46-23-18-17-19-24-46/h17-19,23-24,27-30,39-44,48-50,53-58,78H,15-16,20-22,25-26,31-38H2,1-14H3,(H,68,79)(H,69,80)(H,70,81)(H,71,76)(H,72,83)(H,73,82)(H3,66,67,84)/t42-,43+,44+,48?,49-,50+,53-,54?,55-,56-,57+,58+/m0/s1. The Bertz CT molecular complexity index is 2560. The monoisotopic (exact) mass is 1270 g/mol. The number of urea groups is 1. The molecule has 10 amide bonds. The number of primary amides is 1. The number of nitrogens with one attached hydrogen (secondary N) is 7. The Morgan fingerprint density at radius 2 is 1.34 bits per heavy atom. The lowest BCUT2D eigenvalue weighted by Crippen LogP contribution is -2.60. The summed E-state index contributed by atoms with van der Waals surface area (Å²) in [6.45, 7) is 21.1. The van der Waals surface area contributed by atoms with Crippen molar-refractivity contribution < 1.29 is 71.9 Å². The summed E-state index contributed by atoms with van der Waals surface area (Å²) < 4.78 is 28.5. The van der Waals surface area contributed by atoms with Gasteiger partial charge in [-0.05, 0) is 92.4 Å². The van der Waals surface area contributed by atoms with Gasteiger partial charge >= 0.3 is 12.1 Å². The van der Waals surface area contributed by atoms with Gasteiger partial charge in [0.05, 0.1) is 62.0 Å². The topological polar surface area (TPSA) is 337 Å². The number of likely N-dealkylation sites (N-methyl/N-ethyl adjacent to an activating group) is 1. The van der Waals surface area contributed by atoms with Crippen LogP contribution in [0, 0.1) is 29.6 Å². The van der Waals surface area contributed by atoms with Gasteiger partial charge in [0.1, 0.15) is 37.4 Å². The molecule has 0 bridgehead atoms. The van der Waals surface area contributed by atoms with Gasteiger partial charge in [-0.15, -0.1) is 0 Å². The van der Waals surface area contributed by atoms with Crippen LogP contribution in [-0.4, -0.2) is 184 Å². The maximum absolute atomic E-state index is 14.5. The van der Waals surface area contributed by atoms with Crippen molar-refractivity contribution in [1.82, 2.24) is 41.7 Å². The zero-order valence-corrected chi connectivity index (χ0v) is 55.6. The summed E-state index contributed by atoms with van der Waals surface area (Å²) in [5.74, 6) is -5.44. The van der Waals surface area contributed by atoms with Crippen molar-refractivity contribution in [1.29, 1.82) is 0 Å². The van der Waals surface area contributed by atoms with Gasteiger partial charge in [-0.2, -0.15) is 0 Å². The molecule has 1 aliphatic rings. The lowest BCUT2D eigenvalue weighted by molar-refractivity contribution is -0.147. The molecule has 0 aromatic heterocycles. The Balaban J connectivity index is 1.68. The van der Waals surface area contributed by atoms with Crippen molar-refractivity contribution in [2.24, 2.45) is 35.3 Å². The Labute approximate surface area is 532 Å². The number of anilines is 1. The molecule has 1 heterocycles. The van der Waals surface area contributed by atoms with Crippen LogP contribution in [0.1, 0.15) is 145 Å². The summed E-state index contributed by atoms with van der Waals surface area (Å²) in [6, 6.07) is 8.78. The van der Waals surface area contributed by atoms with E-state index < -0.39 is 120 Å². The smallest absolute Gasteiger partial charge is 0.410 e. The first kappa shape index (κ1) is 77.3. The van der Waals surface area contributed by atoms with Crippen molar-refractivity contribution in [3.05, 3.63) is 65.7 Å². The Kier molecular flexibility index (Phi) is 34.4. The van der Waals surface area contributed by atoms with Crippen LogP contribution in [0.2, 0.25) is 0 Å². The summed E-state index contributed by atoms with van der Waals surface area (Å²) >= 11 is 0. The predicted octanol–water partition coefficient (Wildman–Crippen LogP) is 5.08. The summed E-state index contributed by atoms with van der Waals surface area (Å²) in [4.78, 5) is 125. The molecule has 90 heavy (non-hydrogen) atoms. The van der Waals surface area contributed by atoms with Crippen molar-refractivity contribution in [2.45, 2.75) is 195 Å². The highest BCUT2D eigenvalue weighted by Crippen LogP contribution is 2.29. The molecule has 0 radical (unpaired) electrons. The van der Waals surface area contributed by atoms with E-state index in [1.165, 1.54) is 26.2 Å². The molecule has 2 aromatic carbocycles. The molecule has 3 rings (SSSR count). The average Bonchev–Trinajstić information content (AvgIpc) is 1.17. The Morgan fingerprint density at radius 3 is 1.93 bits per heavy atom. The third-order valence-corrected chi connectivity index (χ3v) is 16.3. The lowest BCUT2D eigenvalue weighted by atomic mass is 9.87. The molecule has 1 aliphatic heterocycles. The van der Waals surface area contributed by atoms with Crippen molar-refractivity contribution in [2.75, 3.05) is 66.1 Å². The van der Waals surface area contributed by atoms with E-state index in [2.05, 4.69) is 37.2 Å². The third-order valence-electron chi connectivity index (χ3n) is 16.3. The number of benzene rings is 2. The molecule has 0 aliphatic carbocycles. The third kappa shape index (κ3) is 25.0. The number of rotatable bonds is 39. The predicted molar refractivity (Wildman–Crippen MR) is 341 cm³/mol. The van der Waals surface area contributed by atoms with Crippen molar-refractivity contribution in [3.63, 3.8) is 0 Å². The Morgan fingerprint density at radius 1 is 0.711 bits per heavy atom. The van der Waals surface area contributed by atoms with Gasteiger partial charge in [-0.1, -0.05) is 118 Å². The first-order valence-electron chi connectivity index (χ1n) is 31.8. The normalized spacial score (nSPS) is 17.0. The summed E-state index contributed by atoms with van der Waals surface area (Å²) in [5.41, 5.74) is 6.79.